The average molecular weight is 579 g/mol. The average Bonchev–Trinajstić information content (AvgIpc) is 3.14. The molecule has 0 radical (unpaired) electrons. The van der Waals surface area contributed by atoms with Crippen LogP contribution in [0.25, 0.3) is 0 Å². The molecule has 14 nitrogen and oxygen atoms in total. The van der Waals surface area contributed by atoms with Gasteiger partial charge in [-0.2, -0.15) is 0 Å². The third-order valence-electron chi connectivity index (χ3n) is 6.29. The van der Waals surface area contributed by atoms with E-state index < -0.39 is 72.9 Å². The SMILES string of the molecule is CCOCCN1C(=O)c2cccc([C@H]3O[C@H](COC(C)=O)[C@@H](OC(C)=O)[C@H](OC(C)=O)[C@@H]3OC(=O)N(C)C)c2C1=O. The van der Waals surface area contributed by atoms with Crippen LogP contribution >= 0.6 is 0 Å². The molecule has 1 fully saturated rings. The molecule has 0 unspecified atom stereocenters. The summed E-state index contributed by atoms with van der Waals surface area (Å²) in [4.78, 5) is 77.5. The Labute approximate surface area is 236 Å². The van der Waals surface area contributed by atoms with E-state index in [1.165, 1.54) is 32.3 Å². The van der Waals surface area contributed by atoms with Gasteiger partial charge in [0.2, 0.25) is 0 Å². The first-order chi connectivity index (χ1) is 19.4. The second-order valence-corrected chi connectivity index (χ2v) is 9.52. The van der Waals surface area contributed by atoms with Crippen LogP contribution in [0.2, 0.25) is 0 Å². The van der Waals surface area contributed by atoms with Crippen LogP contribution in [0.3, 0.4) is 0 Å². The molecule has 0 spiro atoms. The number of rotatable bonds is 10. The Morgan fingerprint density at radius 1 is 0.902 bits per heavy atom. The van der Waals surface area contributed by atoms with Gasteiger partial charge in [-0.1, -0.05) is 12.1 Å². The van der Waals surface area contributed by atoms with Crippen LogP contribution < -0.4 is 0 Å². The van der Waals surface area contributed by atoms with E-state index >= 15 is 0 Å². The second-order valence-electron chi connectivity index (χ2n) is 9.52. The van der Waals surface area contributed by atoms with Crippen molar-refractivity contribution in [1.29, 1.82) is 0 Å². The van der Waals surface area contributed by atoms with Gasteiger partial charge in [0.1, 0.15) is 18.8 Å². The van der Waals surface area contributed by atoms with Crippen molar-refractivity contribution in [1.82, 2.24) is 9.80 Å². The van der Waals surface area contributed by atoms with Crippen molar-refractivity contribution in [2.75, 3.05) is 40.5 Å². The summed E-state index contributed by atoms with van der Waals surface area (Å²) >= 11 is 0. The lowest BCUT2D eigenvalue weighted by Crippen LogP contribution is -2.60. The van der Waals surface area contributed by atoms with Crippen LogP contribution in [0.5, 0.6) is 0 Å². The highest BCUT2D eigenvalue weighted by Crippen LogP contribution is 2.41. The summed E-state index contributed by atoms with van der Waals surface area (Å²) in [5.74, 6) is -3.40. The van der Waals surface area contributed by atoms with Gasteiger partial charge in [-0.05, 0) is 18.6 Å². The van der Waals surface area contributed by atoms with Gasteiger partial charge >= 0.3 is 24.0 Å². The van der Waals surface area contributed by atoms with Crippen molar-refractivity contribution in [3.05, 3.63) is 34.9 Å². The maximum absolute atomic E-state index is 13.5. The third kappa shape index (κ3) is 7.19. The Kier molecular flexibility index (Phi) is 10.4. The maximum Gasteiger partial charge on any atom is 0.409 e. The quantitative estimate of drug-likeness (QED) is 0.169. The standard InChI is InChI=1S/C27H34N2O12/c1-7-36-12-11-29-25(33)18-10-8-9-17(20(18)26(29)34)21-23(41-27(35)28(5)6)24(39-16(4)32)22(38-15(3)31)19(40-21)13-37-14(2)30/h8-10,19,21-24H,7,11-13H2,1-6H3/t19-,21-,22-,23-,24+/m1/s1. The number of ether oxygens (including phenoxy) is 6. The Bertz CT molecular complexity index is 1200. The lowest BCUT2D eigenvalue weighted by molar-refractivity contribution is -0.249. The number of hydrogen-bond acceptors (Lipinski definition) is 12. The fraction of sp³-hybridized carbons (Fsp3) is 0.556. The number of esters is 3. The molecule has 0 aromatic heterocycles. The van der Waals surface area contributed by atoms with Crippen LogP contribution in [0.15, 0.2) is 18.2 Å². The number of imide groups is 1. The van der Waals surface area contributed by atoms with Gasteiger partial charge in [-0.3, -0.25) is 28.9 Å². The monoisotopic (exact) mass is 578 g/mol. The highest BCUT2D eigenvalue weighted by atomic mass is 16.7. The highest BCUT2D eigenvalue weighted by molar-refractivity contribution is 6.22. The Morgan fingerprint density at radius 2 is 1.56 bits per heavy atom. The molecule has 1 aromatic rings. The van der Waals surface area contributed by atoms with E-state index in [1.807, 2.05) is 0 Å². The van der Waals surface area contributed by atoms with Crippen molar-refractivity contribution in [3.8, 4) is 0 Å². The second kappa shape index (κ2) is 13.5. The first-order valence-corrected chi connectivity index (χ1v) is 12.9. The zero-order valence-corrected chi connectivity index (χ0v) is 23.7. The Morgan fingerprint density at radius 3 is 2.15 bits per heavy atom. The summed E-state index contributed by atoms with van der Waals surface area (Å²) in [7, 11) is 2.85. The number of fused-ring (bicyclic) bond motifs is 1. The molecule has 2 aliphatic rings. The van der Waals surface area contributed by atoms with Crippen molar-refractivity contribution >= 4 is 35.8 Å². The van der Waals surface area contributed by atoms with Gasteiger partial charge in [0.25, 0.3) is 11.8 Å². The van der Waals surface area contributed by atoms with Gasteiger partial charge < -0.3 is 33.3 Å². The third-order valence-corrected chi connectivity index (χ3v) is 6.29. The largest absolute Gasteiger partial charge is 0.463 e. The summed E-state index contributed by atoms with van der Waals surface area (Å²) < 4.78 is 33.3. The molecule has 1 aromatic carbocycles. The van der Waals surface area contributed by atoms with Crippen LogP contribution in [0, 0.1) is 0 Å². The van der Waals surface area contributed by atoms with E-state index in [1.54, 1.807) is 6.92 Å². The Balaban J connectivity index is 2.16. The first-order valence-electron chi connectivity index (χ1n) is 12.9. The van der Waals surface area contributed by atoms with E-state index in [0.29, 0.717) is 6.61 Å². The predicted molar refractivity (Wildman–Crippen MR) is 138 cm³/mol. The molecule has 2 heterocycles. The number of hydrogen-bond donors (Lipinski definition) is 0. The predicted octanol–water partition coefficient (Wildman–Crippen LogP) is 1.25. The minimum atomic E-state index is -1.46. The normalized spacial score (nSPS) is 23.5. The zero-order valence-electron chi connectivity index (χ0n) is 23.7. The first kappa shape index (κ1) is 31.5. The van der Waals surface area contributed by atoms with E-state index in [2.05, 4.69) is 0 Å². The fourth-order valence-corrected chi connectivity index (χ4v) is 4.61. The van der Waals surface area contributed by atoms with Gasteiger partial charge in [-0.15, -0.1) is 0 Å². The minimum absolute atomic E-state index is 0.00338. The zero-order chi connectivity index (χ0) is 30.4. The molecule has 1 saturated heterocycles. The van der Waals surface area contributed by atoms with Crippen LogP contribution in [0.1, 0.15) is 60.1 Å². The number of amides is 3. The number of benzene rings is 1. The topological polar surface area (TPSA) is 164 Å². The lowest BCUT2D eigenvalue weighted by atomic mass is 9.87. The van der Waals surface area contributed by atoms with Crippen molar-refractivity contribution in [3.63, 3.8) is 0 Å². The van der Waals surface area contributed by atoms with E-state index in [0.717, 1.165) is 30.6 Å². The summed E-state index contributed by atoms with van der Waals surface area (Å²) in [6.07, 6.45) is -7.68. The van der Waals surface area contributed by atoms with Gasteiger partial charge in [0.15, 0.2) is 18.3 Å². The summed E-state index contributed by atoms with van der Waals surface area (Å²) in [6.45, 7) is 5.27. The summed E-state index contributed by atoms with van der Waals surface area (Å²) in [5.41, 5.74) is 0.249. The molecule has 224 valence electrons. The van der Waals surface area contributed by atoms with Crippen LogP contribution in [-0.2, 0) is 42.8 Å². The molecular formula is C27H34N2O12. The molecule has 0 bridgehead atoms. The smallest absolute Gasteiger partial charge is 0.409 e. The molecule has 2 aliphatic heterocycles. The molecule has 14 heteroatoms. The summed E-state index contributed by atoms with van der Waals surface area (Å²) in [5, 5.41) is 0. The molecule has 0 aliphatic carbocycles. The van der Waals surface area contributed by atoms with Gasteiger partial charge in [-0.25, -0.2) is 4.79 Å². The number of carbonyl (C=O) groups excluding carboxylic acids is 6. The van der Waals surface area contributed by atoms with E-state index in [4.69, 9.17) is 28.4 Å². The maximum atomic E-state index is 13.5. The lowest BCUT2D eigenvalue weighted by Gasteiger charge is -2.45. The number of carbonyl (C=O) groups is 6. The molecule has 0 N–H and O–H groups in total. The minimum Gasteiger partial charge on any atom is -0.463 e. The molecular weight excluding hydrogens is 544 g/mol. The van der Waals surface area contributed by atoms with Crippen molar-refractivity contribution < 1.29 is 57.2 Å². The van der Waals surface area contributed by atoms with Crippen molar-refractivity contribution in [2.24, 2.45) is 0 Å². The van der Waals surface area contributed by atoms with Crippen LogP contribution in [-0.4, -0.2) is 110 Å². The Hall–Kier alpha value is -4.04. The van der Waals surface area contributed by atoms with Gasteiger partial charge in [0.05, 0.1) is 24.3 Å². The highest BCUT2D eigenvalue weighted by Gasteiger charge is 2.54. The van der Waals surface area contributed by atoms with Crippen LogP contribution in [0.4, 0.5) is 4.79 Å². The van der Waals surface area contributed by atoms with E-state index in [-0.39, 0.29) is 29.8 Å². The number of nitrogens with zero attached hydrogens (tertiary/aromatic N) is 2. The molecule has 3 amide bonds. The van der Waals surface area contributed by atoms with Gasteiger partial charge in [0, 0.05) is 41.5 Å². The molecule has 3 rings (SSSR count). The molecule has 0 saturated carbocycles. The molecule has 41 heavy (non-hydrogen) atoms. The van der Waals surface area contributed by atoms with E-state index in [9.17, 15) is 28.8 Å². The molecule has 5 atom stereocenters. The fourth-order valence-electron chi connectivity index (χ4n) is 4.61. The van der Waals surface area contributed by atoms with Crippen molar-refractivity contribution in [2.45, 2.75) is 58.2 Å². The summed E-state index contributed by atoms with van der Waals surface area (Å²) in [6, 6.07) is 4.52.